The van der Waals surface area contributed by atoms with Crippen LogP contribution in [-0.4, -0.2) is 37.8 Å². The third-order valence-corrected chi connectivity index (χ3v) is 8.11. The Bertz CT molecular complexity index is 1830. The molecule has 5 aromatic rings. The van der Waals surface area contributed by atoms with E-state index in [-0.39, 0.29) is 11.3 Å². The van der Waals surface area contributed by atoms with E-state index < -0.39 is 17.7 Å². The second-order valence-electron chi connectivity index (χ2n) is 9.53. The van der Waals surface area contributed by atoms with Gasteiger partial charge in [0.15, 0.2) is 10.9 Å². The summed E-state index contributed by atoms with van der Waals surface area (Å²) in [4.78, 5) is 37.9. The number of imidazole rings is 1. The number of aryl methyl sites for hydroxylation is 1. The van der Waals surface area contributed by atoms with Gasteiger partial charge in [-0.25, -0.2) is 9.97 Å². The number of amides is 1. The summed E-state index contributed by atoms with van der Waals surface area (Å²) in [5, 5.41) is 12.6. The maximum atomic E-state index is 13.7. The fourth-order valence-corrected chi connectivity index (χ4v) is 6.24. The molecule has 0 spiro atoms. The van der Waals surface area contributed by atoms with Crippen LogP contribution >= 0.6 is 22.9 Å². The minimum atomic E-state index is -0.945. The van der Waals surface area contributed by atoms with Gasteiger partial charge in [-0.05, 0) is 61.4 Å². The molecule has 1 aliphatic heterocycles. The maximum Gasteiger partial charge on any atom is 0.301 e. The molecule has 1 amide bonds. The monoisotopic (exact) mass is 572 g/mol. The van der Waals surface area contributed by atoms with E-state index in [4.69, 9.17) is 16.3 Å². The molecule has 0 radical (unpaired) electrons. The van der Waals surface area contributed by atoms with Gasteiger partial charge in [0, 0.05) is 11.2 Å². The summed E-state index contributed by atoms with van der Waals surface area (Å²) in [5.41, 5.74) is 2.71. The van der Waals surface area contributed by atoms with E-state index in [1.54, 1.807) is 41.8 Å². The highest BCUT2D eigenvalue weighted by Gasteiger charge is 2.48. The third kappa shape index (κ3) is 4.41. The first-order chi connectivity index (χ1) is 19.4. The zero-order valence-corrected chi connectivity index (χ0v) is 23.4. The molecule has 1 aliphatic rings. The van der Waals surface area contributed by atoms with Crippen molar-refractivity contribution in [2.75, 3.05) is 11.5 Å². The van der Waals surface area contributed by atoms with Crippen molar-refractivity contribution in [3.8, 4) is 5.75 Å². The zero-order chi connectivity index (χ0) is 28.0. The molecule has 1 fully saturated rings. The number of benzene rings is 2. The molecule has 4 heterocycles. The largest absolute Gasteiger partial charge is 0.505 e. The number of anilines is 1. The number of rotatable bonds is 7. The molecule has 10 heteroatoms. The first kappa shape index (κ1) is 26.0. The summed E-state index contributed by atoms with van der Waals surface area (Å²) in [6.45, 7) is 4.38. The number of aliphatic hydroxyl groups is 1. The van der Waals surface area contributed by atoms with Crippen LogP contribution in [0.25, 0.3) is 21.6 Å². The number of carbonyl (C=O) groups excluding carboxylic acids is 2. The summed E-state index contributed by atoms with van der Waals surface area (Å²) in [7, 11) is 0. The number of pyridine rings is 1. The number of thiazole rings is 1. The van der Waals surface area contributed by atoms with Crippen molar-refractivity contribution in [1.29, 1.82) is 0 Å². The van der Waals surface area contributed by atoms with Gasteiger partial charge in [0.1, 0.15) is 17.1 Å². The van der Waals surface area contributed by atoms with Crippen molar-refractivity contribution >= 4 is 61.4 Å². The van der Waals surface area contributed by atoms with Crippen molar-refractivity contribution in [1.82, 2.24) is 14.4 Å². The summed E-state index contributed by atoms with van der Waals surface area (Å²) in [5.74, 6) is -1.27. The molecule has 1 saturated heterocycles. The van der Waals surface area contributed by atoms with Gasteiger partial charge >= 0.3 is 5.91 Å². The van der Waals surface area contributed by atoms with Crippen LogP contribution in [0.3, 0.4) is 0 Å². The number of nitrogens with zero attached hydrogens (tertiary/aromatic N) is 4. The number of aromatic nitrogens is 3. The van der Waals surface area contributed by atoms with Crippen LogP contribution in [0.2, 0.25) is 5.02 Å². The van der Waals surface area contributed by atoms with Crippen LogP contribution < -0.4 is 9.64 Å². The molecular weight excluding hydrogens is 548 g/mol. The van der Waals surface area contributed by atoms with Crippen LogP contribution in [0.15, 0.2) is 72.4 Å². The van der Waals surface area contributed by atoms with Gasteiger partial charge in [0.2, 0.25) is 0 Å². The predicted molar refractivity (Wildman–Crippen MR) is 156 cm³/mol. The van der Waals surface area contributed by atoms with E-state index in [0.29, 0.717) is 50.6 Å². The minimum absolute atomic E-state index is 0.0400. The standard InChI is InChI=1S/C30H25ClN4O4S/c1-3-4-14-39-20-9-7-8-18(15-20)26-24(27(36)25-17(2)32-23-10-5-6-13-34(23)25)28(37)29(38)35(26)30-33-21-12-11-19(31)16-22(21)40-30/h5-13,15-16,26,36H,3-4,14H2,1-2H3. The van der Waals surface area contributed by atoms with Gasteiger partial charge in [-0.15, -0.1) is 0 Å². The summed E-state index contributed by atoms with van der Waals surface area (Å²) in [6, 6.07) is 17.0. The molecular formula is C30H25ClN4O4S. The topological polar surface area (TPSA) is 97.0 Å². The van der Waals surface area contributed by atoms with E-state index in [1.165, 1.54) is 16.2 Å². The smallest absolute Gasteiger partial charge is 0.301 e. The Kier molecular flexibility index (Phi) is 6.77. The van der Waals surface area contributed by atoms with E-state index in [9.17, 15) is 14.7 Å². The number of ether oxygens (including phenoxy) is 1. The highest BCUT2D eigenvalue weighted by Crippen LogP contribution is 2.45. The first-order valence-electron chi connectivity index (χ1n) is 12.9. The highest BCUT2D eigenvalue weighted by molar-refractivity contribution is 7.22. The van der Waals surface area contributed by atoms with Crippen LogP contribution in [0, 0.1) is 6.92 Å². The minimum Gasteiger partial charge on any atom is -0.505 e. The number of aliphatic hydroxyl groups excluding tert-OH is 1. The lowest BCUT2D eigenvalue weighted by Crippen LogP contribution is -2.29. The van der Waals surface area contributed by atoms with Crippen molar-refractivity contribution in [3.05, 3.63) is 94.4 Å². The van der Waals surface area contributed by atoms with Crippen molar-refractivity contribution < 1.29 is 19.4 Å². The maximum absolute atomic E-state index is 13.7. The summed E-state index contributed by atoms with van der Waals surface area (Å²) < 4.78 is 8.42. The number of Topliss-reactive ketones (excluding diaryl/α,β-unsaturated/α-hetero) is 1. The number of ketones is 1. The Balaban J connectivity index is 1.56. The second kappa shape index (κ2) is 10.4. The second-order valence-corrected chi connectivity index (χ2v) is 11.0. The molecule has 1 unspecified atom stereocenters. The van der Waals surface area contributed by atoms with Crippen LogP contribution in [-0.2, 0) is 9.59 Å². The molecule has 6 rings (SSSR count). The number of hydrogen-bond acceptors (Lipinski definition) is 7. The Hall–Kier alpha value is -4.21. The lowest BCUT2D eigenvalue weighted by atomic mass is 9.96. The Morgan fingerprint density at radius 3 is 2.77 bits per heavy atom. The SMILES string of the molecule is CCCCOc1cccc(C2C(=C(O)c3c(C)nc4ccccn34)C(=O)C(=O)N2c2nc3ccc(Cl)cc3s2)c1. The quantitative estimate of drug-likeness (QED) is 0.101. The lowest BCUT2D eigenvalue weighted by molar-refractivity contribution is -0.132. The predicted octanol–water partition coefficient (Wildman–Crippen LogP) is 6.71. The number of fused-ring (bicyclic) bond motifs is 2. The molecule has 0 bridgehead atoms. The van der Waals surface area contributed by atoms with Crippen LogP contribution in [0.5, 0.6) is 5.75 Å². The Morgan fingerprint density at radius 1 is 1.10 bits per heavy atom. The molecule has 2 aromatic carbocycles. The highest BCUT2D eigenvalue weighted by atomic mass is 35.5. The summed E-state index contributed by atoms with van der Waals surface area (Å²) in [6.07, 6.45) is 3.64. The third-order valence-electron chi connectivity index (χ3n) is 6.86. The average molecular weight is 573 g/mol. The number of carbonyl (C=O) groups is 2. The van der Waals surface area contributed by atoms with Crippen molar-refractivity contribution in [3.63, 3.8) is 0 Å². The van der Waals surface area contributed by atoms with E-state index in [1.807, 2.05) is 36.4 Å². The van der Waals surface area contributed by atoms with Crippen LogP contribution in [0.4, 0.5) is 5.13 Å². The van der Waals surface area contributed by atoms with Gasteiger partial charge in [-0.1, -0.05) is 54.5 Å². The van der Waals surface area contributed by atoms with Gasteiger partial charge in [-0.3, -0.25) is 18.9 Å². The molecule has 3 aromatic heterocycles. The fraction of sp³-hybridized carbons (Fsp3) is 0.200. The van der Waals surface area contributed by atoms with Crippen molar-refractivity contribution in [2.24, 2.45) is 0 Å². The average Bonchev–Trinajstić information content (AvgIpc) is 3.59. The molecule has 8 nitrogen and oxygen atoms in total. The molecule has 1 N–H and O–H groups in total. The van der Waals surface area contributed by atoms with E-state index in [2.05, 4.69) is 16.9 Å². The molecule has 202 valence electrons. The summed E-state index contributed by atoms with van der Waals surface area (Å²) >= 11 is 7.45. The molecule has 1 atom stereocenters. The van der Waals surface area contributed by atoms with Gasteiger partial charge in [-0.2, -0.15) is 0 Å². The molecule has 0 saturated carbocycles. The van der Waals surface area contributed by atoms with Gasteiger partial charge in [0.05, 0.1) is 34.1 Å². The van der Waals surface area contributed by atoms with Gasteiger partial charge < -0.3 is 9.84 Å². The first-order valence-corrected chi connectivity index (χ1v) is 14.1. The number of halogens is 1. The fourth-order valence-electron chi connectivity index (χ4n) is 4.97. The number of unbranched alkanes of at least 4 members (excludes halogenated alkanes) is 1. The number of hydrogen-bond donors (Lipinski definition) is 1. The van der Waals surface area contributed by atoms with E-state index >= 15 is 0 Å². The molecule has 40 heavy (non-hydrogen) atoms. The van der Waals surface area contributed by atoms with E-state index in [0.717, 1.165) is 17.5 Å². The Morgan fingerprint density at radius 2 is 1.95 bits per heavy atom. The van der Waals surface area contributed by atoms with Crippen LogP contribution in [0.1, 0.15) is 42.8 Å². The lowest BCUT2D eigenvalue weighted by Gasteiger charge is -2.23. The molecule has 0 aliphatic carbocycles. The Labute approximate surface area is 239 Å². The van der Waals surface area contributed by atoms with Crippen molar-refractivity contribution in [2.45, 2.75) is 32.7 Å². The van der Waals surface area contributed by atoms with Gasteiger partial charge in [0.25, 0.3) is 5.78 Å². The normalized spacial score (nSPS) is 16.9. The zero-order valence-electron chi connectivity index (χ0n) is 21.8.